The molecule has 0 heterocycles. The second-order valence-electron chi connectivity index (χ2n) is 5.05. The minimum absolute atomic E-state index is 0.455. The first-order valence-electron chi connectivity index (χ1n) is 7.17. The van der Waals surface area contributed by atoms with Crippen LogP contribution in [0.4, 0.5) is 0 Å². The normalized spacial score (nSPS) is 10.5. The van der Waals surface area contributed by atoms with E-state index in [1.807, 2.05) is 42.5 Å². The summed E-state index contributed by atoms with van der Waals surface area (Å²) in [5, 5.41) is 10.4. The number of rotatable bonds is 6. The zero-order valence-corrected chi connectivity index (χ0v) is 12.2. The Bertz CT molecular complexity index is 544. The van der Waals surface area contributed by atoms with Gasteiger partial charge in [0, 0.05) is 6.42 Å². The van der Waals surface area contributed by atoms with Gasteiger partial charge < -0.3 is 9.84 Å². The summed E-state index contributed by atoms with van der Waals surface area (Å²) >= 11 is 0. The molecule has 1 N–H and O–H groups in total. The van der Waals surface area contributed by atoms with Gasteiger partial charge in [-0.25, -0.2) is 0 Å². The molecule has 20 heavy (non-hydrogen) atoms. The van der Waals surface area contributed by atoms with E-state index in [0.29, 0.717) is 5.75 Å². The predicted octanol–water partition coefficient (Wildman–Crippen LogP) is 4.33. The van der Waals surface area contributed by atoms with Gasteiger partial charge in [-0.1, -0.05) is 43.7 Å². The summed E-state index contributed by atoms with van der Waals surface area (Å²) < 4.78 is 5.16. The molecule has 2 heteroatoms. The summed E-state index contributed by atoms with van der Waals surface area (Å²) in [5.74, 6) is 1.31. The maximum Gasteiger partial charge on any atom is 0.122 e. The van der Waals surface area contributed by atoms with Gasteiger partial charge >= 0.3 is 0 Å². The van der Waals surface area contributed by atoms with Crippen molar-refractivity contribution in [3.05, 3.63) is 59.2 Å². The fourth-order valence-corrected chi connectivity index (χ4v) is 2.32. The van der Waals surface area contributed by atoms with Gasteiger partial charge in [0.1, 0.15) is 11.5 Å². The van der Waals surface area contributed by atoms with Gasteiger partial charge in [-0.2, -0.15) is 0 Å². The standard InChI is InChI=1S/C18H22O2/c1-3-4-6-15-7-5-8-16(18(15)19)13-14-9-11-17(20-2)12-10-14/h5,7-12,19H,3-4,6,13H2,1-2H3. The highest BCUT2D eigenvalue weighted by Crippen LogP contribution is 2.26. The summed E-state index contributed by atoms with van der Waals surface area (Å²) in [6.07, 6.45) is 3.94. The van der Waals surface area contributed by atoms with E-state index in [0.717, 1.165) is 42.6 Å². The van der Waals surface area contributed by atoms with Crippen molar-refractivity contribution in [2.24, 2.45) is 0 Å². The molecule has 2 nitrogen and oxygen atoms in total. The lowest BCUT2D eigenvalue weighted by Gasteiger charge is -2.10. The molecule has 0 aromatic heterocycles. The summed E-state index contributed by atoms with van der Waals surface area (Å²) in [6.45, 7) is 2.16. The third kappa shape index (κ3) is 3.53. The van der Waals surface area contributed by atoms with E-state index in [2.05, 4.69) is 6.92 Å². The minimum atomic E-state index is 0.455. The first-order chi connectivity index (χ1) is 9.74. The van der Waals surface area contributed by atoms with Gasteiger partial charge in [0.2, 0.25) is 0 Å². The fraction of sp³-hybridized carbons (Fsp3) is 0.333. The molecule has 2 aromatic carbocycles. The van der Waals surface area contributed by atoms with Crippen LogP contribution < -0.4 is 4.74 Å². The average Bonchev–Trinajstić information content (AvgIpc) is 2.49. The summed E-state index contributed by atoms with van der Waals surface area (Å²) in [5.41, 5.74) is 3.22. The van der Waals surface area contributed by atoms with Crippen molar-refractivity contribution in [2.75, 3.05) is 7.11 Å². The Morgan fingerprint density at radius 2 is 1.70 bits per heavy atom. The highest BCUT2D eigenvalue weighted by atomic mass is 16.5. The number of phenols is 1. The lowest BCUT2D eigenvalue weighted by atomic mass is 9.99. The van der Waals surface area contributed by atoms with Crippen LogP contribution >= 0.6 is 0 Å². The molecule has 0 saturated carbocycles. The summed E-state index contributed by atoms with van der Waals surface area (Å²) in [6, 6.07) is 14.0. The molecule has 0 bridgehead atoms. The maximum atomic E-state index is 10.4. The lowest BCUT2D eigenvalue weighted by Crippen LogP contribution is -1.93. The van der Waals surface area contributed by atoms with Crippen molar-refractivity contribution in [1.29, 1.82) is 0 Å². The largest absolute Gasteiger partial charge is 0.507 e. The van der Waals surface area contributed by atoms with Crippen LogP contribution in [-0.2, 0) is 12.8 Å². The second kappa shape index (κ2) is 6.99. The van der Waals surface area contributed by atoms with Crippen LogP contribution in [0, 0.1) is 0 Å². The van der Waals surface area contributed by atoms with Gasteiger partial charge in [0.25, 0.3) is 0 Å². The Balaban J connectivity index is 2.15. The Kier molecular flexibility index (Phi) is 5.05. The van der Waals surface area contributed by atoms with Crippen molar-refractivity contribution >= 4 is 0 Å². The number of aromatic hydroxyl groups is 1. The minimum Gasteiger partial charge on any atom is -0.507 e. The van der Waals surface area contributed by atoms with Gasteiger partial charge in [-0.05, 0) is 41.7 Å². The van der Waals surface area contributed by atoms with Crippen LogP contribution in [0.15, 0.2) is 42.5 Å². The van der Waals surface area contributed by atoms with Gasteiger partial charge in [-0.15, -0.1) is 0 Å². The number of hydrogen-bond acceptors (Lipinski definition) is 2. The van der Waals surface area contributed by atoms with E-state index in [1.165, 1.54) is 5.56 Å². The van der Waals surface area contributed by atoms with Gasteiger partial charge in [0.05, 0.1) is 7.11 Å². The van der Waals surface area contributed by atoms with Crippen LogP contribution in [0.3, 0.4) is 0 Å². The Morgan fingerprint density at radius 1 is 1.00 bits per heavy atom. The molecular formula is C18H22O2. The molecule has 2 aromatic rings. The molecule has 0 aliphatic carbocycles. The first kappa shape index (κ1) is 14.4. The third-order valence-corrected chi connectivity index (χ3v) is 3.56. The average molecular weight is 270 g/mol. The van der Waals surface area contributed by atoms with Crippen molar-refractivity contribution in [1.82, 2.24) is 0 Å². The first-order valence-corrected chi connectivity index (χ1v) is 7.17. The number of ether oxygens (including phenoxy) is 1. The zero-order chi connectivity index (χ0) is 14.4. The van der Waals surface area contributed by atoms with E-state index in [9.17, 15) is 5.11 Å². The highest BCUT2D eigenvalue weighted by Gasteiger charge is 2.07. The van der Waals surface area contributed by atoms with Gasteiger partial charge in [0.15, 0.2) is 0 Å². The lowest BCUT2D eigenvalue weighted by molar-refractivity contribution is 0.414. The molecule has 0 fully saturated rings. The molecular weight excluding hydrogens is 248 g/mol. The third-order valence-electron chi connectivity index (χ3n) is 3.56. The predicted molar refractivity (Wildman–Crippen MR) is 82.5 cm³/mol. The SMILES string of the molecule is CCCCc1cccc(Cc2ccc(OC)cc2)c1O. The van der Waals surface area contributed by atoms with E-state index < -0.39 is 0 Å². The molecule has 0 aliphatic rings. The van der Waals surface area contributed by atoms with Crippen LogP contribution in [-0.4, -0.2) is 12.2 Å². The van der Waals surface area contributed by atoms with Crippen LogP contribution in [0.2, 0.25) is 0 Å². The van der Waals surface area contributed by atoms with E-state index in [4.69, 9.17) is 4.74 Å². The topological polar surface area (TPSA) is 29.5 Å². The second-order valence-corrected chi connectivity index (χ2v) is 5.05. The Morgan fingerprint density at radius 3 is 2.35 bits per heavy atom. The van der Waals surface area contributed by atoms with Crippen LogP contribution in [0.1, 0.15) is 36.5 Å². The number of phenolic OH excluding ortho intramolecular Hbond substituents is 1. The molecule has 0 amide bonds. The molecule has 0 unspecified atom stereocenters. The Hall–Kier alpha value is -1.96. The van der Waals surface area contributed by atoms with Crippen molar-refractivity contribution in [2.45, 2.75) is 32.6 Å². The van der Waals surface area contributed by atoms with Gasteiger partial charge in [-0.3, -0.25) is 0 Å². The quantitative estimate of drug-likeness (QED) is 0.846. The maximum absolute atomic E-state index is 10.4. The number of hydrogen-bond donors (Lipinski definition) is 1. The summed E-state index contributed by atoms with van der Waals surface area (Å²) in [4.78, 5) is 0. The van der Waals surface area contributed by atoms with Crippen molar-refractivity contribution < 1.29 is 9.84 Å². The number of unbranched alkanes of at least 4 members (excludes halogenated alkanes) is 1. The molecule has 0 radical (unpaired) electrons. The van der Waals surface area contributed by atoms with Crippen LogP contribution in [0.25, 0.3) is 0 Å². The van der Waals surface area contributed by atoms with E-state index in [1.54, 1.807) is 7.11 Å². The summed E-state index contributed by atoms with van der Waals surface area (Å²) in [7, 11) is 1.66. The number of para-hydroxylation sites is 1. The molecule has 0 atom stereocenters. The molecule has 106 valence electrons. The monoisotopic (exact) mass is 270 g/mol. The molecule has 0 spiro atoms. The Labute approximate surface area is 121 Å². The zero-order valence-electron chi connectivity index (χ0n) is 12.2. The number of benzene rings is 2. The smallest absolute Gasteiger partial charge is 0.122 e. The van der Waals surface area contributed by atoms with E-state index in [-0.39, 0.29) is 0 Å². The van der Waals surface area contributed by atoms with Crippen molar-refractivity contribution in [3.8, 4) is 11.5 Å². The van der Waals surface area contributed by atoms with Crippen LogP contribution in [0.5, 0.6) is 11.5 Å². The number of methoxy groups -OCH3 is 1. The van der Waals surface area contributed by atoms with E-state index >= 15 is 0 Å². The molecule has 2 rings (SSSR count). The number of aryl methyl sites for hydroxylation is 1. The molecule has 0 aliphatic heterocycles. The fourth-order valence-electron chi connectivity index (χ4n) is 2.32. The van der Waals surface area contributed by atoms with Crippen molar-refractivity contribution in [3.63, 3.8) is 0 Å². The molecule has 0 saturated heterocycles. The highest BCUT2D eigenvalue weighted by molar-refractivity contribution is 5.43.